The lowest BCUT2D eigenvalue weighted by atomic mass is 10.0. The van der Waals surface area contributed by atoms with Gasteiger partial charge >= 0.3 is 0 Å². The minimum atomic E-state index is -0.131. The molecule has 134 valence electrons. The highest BCUT2D eigenvalue weighted by Crippen LogP contribution is 2.24. The molecule has 2 heterocycles. The molecular weight excluding hydrogens is 326 g/mol. The number of furan rings is 1. The average Bonchev–Trinajstić information content (AvgIpc) is 3.21. The number of carbonyl (C=O) groups is 1. The molecule has 0 bridgehead atoms. The molecule has 0 aliphatic heterocycles. The standard InChI is InChI=1S/C21H23N3O2/c1-5-16-13-22-15(3)23-20(16)17-8-10-18(11-9-17)21(25)24(4)14(2)19-7-6-12-26-19/h6-14H,5H2,1-4H3/t14-/m1/s1. The second-order valence-corrected chi connectivity index (χ2v) is 6.33. The van der Waals surface area contributed by atoms with Gasteiger partial charge in [0.05, 0.1) is 18.0 Å². The SMILES string of the molecule is CCc1cnc(C)nc1-c1ccc(C(=O)N(C)[C@H](C)c2ccco2)cc1. The maximum absolute atomic E-state index is 12.8. The average molecular weight is 349 g/mol. The van der Waals surface area contributed by atoms with E-state index in [2.05, 4.69) is 16.9 Å². The monoisotopic (exact) mass is 349 g/mol. The first-order chi connectivity index (χ1) is 12.5. The van der Waals surface area contributed by atoms with E-state index >= 15 is 0 Å². The zero-order valence-electron chi connectivity index (χ0n) is 15.6. The van der Waals surface area contributed by atoms with E-state index in [-0.39, 0.29) is 11.9 Å². The maximum Gasteiger partial charge on any atom is 0.254 e. The Hall–Kier alpha value is -2.95. The summed E-state index contributed by atoms with van der Waals surface area (Å²) in [4.78, 5) is 23.3. The molecule has 0 radical (unpaired) electrons. The number of nitrogens with zero attached hydrogens (tertiary/aromatic N) is 3. The van der Waals surface area contributed by atoms with Gasteiger partial charge in [0.15, 0.2) is 0 Å². The summed E-state index contributed by atoms with van der Waals surface area (Å²) in [6.45, 7) is 5.91. The van der Waals surface area contributed by atoms with E-state index in [0.717, 1.165) is 34.8 Å². The van der Waals surface area contributed by atoms with E-state index in [1.54, 1.807) is 18.2 Å². The molecule has 0 saturated heterocycles. The largest absolute Gasteiger partial charge is 0.467 e. The van der Waals surface area contributed by atoms with Crippen molar-refractivity contribution in [3.8, 4) is 11.3 Å². The zero-order chi connectivity index (χ0) is 18.7. The van der Waals surface area contributed by atoms with Crippen molar-refractivity contribution in [2.45, 2.75) is 33.2 Å². The fourth-order valence-corrected chi connectivity index (χ4v) is 2.87. The minimum Gasteiger partial charge on any atom is -0.467 e. The van der Waals surface area contributed by atoms with Gasteiger partial charge < -0.3 is 9.32 Å². The smallest absolute Gasteiger partial charge is 0.254 e. The number of aryl methyl sites for hydroxylation is 2. The van der Waals surface area contributed by atoms with Crippen molar-refractivity contribution in [3.05, 3.63) is 71.6 Å². The number of hydrogen-bond acceptors (Lipinski definition) is 4. The van der Waals surface area contributed by atoms with E-state index in [9.17, 15) is 4.79 Å². The molecule has 1 aromatic carbocycles. The van der Waals surface area contributed by atoms with Crippen molar-refractivity contribution in [2.75, 3.05) is 7.05 Å². The molecule has 26 heavy (non-hydrogen) atoms. The topological polar surface area (TPSA) is 59.2 Å². The number of aromatic nitrogens is 2. The Balaban J connectivity index is 1.83. The predicted molar refractivity (Wildman–Crippen MR) is 101 cm³/mol. The second-order valence-electron chi connectivity index (χ2n) is 6.33. The summed E-state index contributed by atoms with van der Waals surface area (Å²) in [5, 5.41) is 0. The number of amides is 1. The first-order valence-corrected chi connectivity index (χ1v) is 8.74. The molecular formula is C21H23N3O2. The van der Waals surface area contributed by atoms with Crippen LogP contribution in [0.1, 0.15) is 47.4 Å². The molecule has 0 aliphatic rings. The van der Waals surface area contributed by atoms with Crippen molar-refractivity contribution in [2.24, 2.45) is 0 Å². The Kier molecular flexibility index (Phi) is 5.16. The molecule has 0 spiro atoms. The number of benzene rings is 1. The van der Waals surface area contributed by atoms with Gasteiger partial charge in [0.2, 0.25) is 0 Å². The summed E-state index contributed by atoms with van der Waals surface area (Å²) in [6, 6.07) is 11.2. The Morgan fingerprint density at radius 1 is 1.23 bits per heavy atom. The van der Waals surface area contributed by atoms with Gasteiger partial charge in [-0.1, -0.05) is 19.1 Å². The normalized spacial score (nSPS) is 12.0. The van der Waals surface area contributed by atoms with Crippen molar-refractivity contribution >= 4 is 5.91 Å². The van der Waals surface area contributed by atoms with Crippen LogP contribution < -0.4 is 0 Å². The van der Waals surface area contributed by atoms with Gasteiger partial charge in [0, 0.05) is 24.4 Å². The maximum atomic E-state index is 12.8. The highest BCUT2D eigenvalue weighted by molar-refractivity contribution is 5.94. The summed E-state index contributed by atoms with van der Waals surface area (Å²) < 4.78 is 5.41. The Labute approximate surface area is 153 Å². The van der Waals surface area contributed by atoms with E-state index in [1.807, 2.05) is 56.4 Å². The van der Waals surface area contributed by atoms with Crippen LogP contribution in [0.15, 0.2) is 53.3 Å². The molecule has 1 amide bonds. The zero-order valence-corrected chi connectivity index (χ0v) is 15.6. The van der Waals surface area contributed by atoms with E-state index in [0.29, 0.717) is 5.56 Å². The number of hydrogen-bond donors (Lipinski definition) is 0. The summed E-state index contributed by atoms with van der Waals surface area (Å²) in [7, 11) is 1.78. The molecule has 0 saturated carbocycles. The Morgan fingerprint density at radius 2 is 1.96 bits per heavy atom. The van der Waals surface area contributed by atoms with Gasteiger partial charge in [0.25, 0.3) is 5.91 Å². The first kappa shape index (κ1) is 17.9. The third kappa shape index (κ3) is 3.52. The molecule has 0 aliphatic carbocycles. The summed E-state index contributed by atoms with van der Waals surface area (Å²) in [5.41, 5.74) is 3.65. The van der Waals surface area contributed by atoms with Crippen molar-refractivity contribution in [3.63, 3.8) is 0 Å². The second kappa shape index (κ2) is 7.52. The highest BCUT2D eigenvalue weighted by Gasteiger charge is 2.21. The van der Waals surface area contributed by atoms with Gasteiger partial charge in [-0.3, -0.25) is 4.79 Å². The van der Waals surface area contributed by atoms with Gasteiger partial charge in [-0.25, -0.2) is 9.97 Å². The van der Waals surface area contributed by atoms with Crippen LogP contribution >= 0.6 is 0 Å². The molecule has 1 atom stereocenters. The van der Waals surface area contributed by atoms with Crippen molar-refractivity contribution in [1.29, 1.82) is 0 Å². The molecule has 0 fully saturated rings. The third-order valence-electron chi connectivity index (χ3n) is 4.63. The molecule has 0 N–H and O–H groups in total. The molecule has 3 rings (SSSR count). The molecule has 2 aromatic heterocycles. The fourth-order valence-electron chi connectivity index (χ4n) is 2.87. The lowest BCUT2D eigenvalue weighted by molar-refractivity contribution is 0.0726. The van der Waals surface area contributed by atoms with E-state index in [4.69, 9.17) is 4.42 Å². The number of rotatable bonds is 5. The number of carbonyl (C=O) groups excluding carboxylic acids is 1. The van der Waals surface area contributed by atoms with Crippen LogP contribution in [0.5, 0.6) is 0 Å². The van der Waals surface area contributed by atoms with Crippen molar-refractivity contribution in [1.82, 2.24) is 14.9 Å². The van der Waals surface area contributed by atoms with Gasteiger partial charge in [-0.15, -0.1) is 0 Å². The molecule has 5 heteroatoms. The first-order valence-electron chi connectivity index (χ1n) is 8.74. The predicted octanol–water partition coefficient (Wildman–Crippen LogP) is 4.44. The summed E-state index contributed by atoms with van der Waals surface area (Å²) in [6.07, 6.45) is 4.35. The van der Waals surface area contributed by atoms with Crippen LogP contribution in [-0.4, -0.2) is 27.8 Å². The van der Waals surface area contributed by atoms with Gasteiger partial charge in [-0.2, -0.15) is 0 Å². The Morgan fingerprint density at radius 3 is 2.58 bits per heavy atom. The lowest BCUT2D eigenvalue weighted by Gasteiger charge is -2.23. The van der Waals surface area contributed by atoms with Crippen LogP contribution in [0, 0.1) is 6.92 Å². The fraction of sp³-hybridized carbons (Fsp3) is 0.286. The summed E-state index contributed by atoms with van der Waals surface area (Å²) >= 11 is 0. The van der Waals surface area contributed by atoms with Gasteiger partial charge in [0.1, 0.15) is 11.6 Å². The molecule has 3 aromatic rings. The minimum absolute atomic E-state index is 0.0463. The van der Waals surface area contributed by atoms with E-state index in [1.165, 1.54) is 0 Å². The van der Waals surface area contributed by atoms with Crippen LogP contribution in [0.2, 0.25) is 0 Å². The van der Waals surface area contributed by atoms with Crippen LogP contribution in [-0.2, 0) is 6.42 Å². The van der Waals surface area contributed by atoms with Crippen LogP contribution in [0.3, 0.4) is 0 Å². The lowest BCUT2D eigenvalue weighted by Crippen LogP contribution is -2.29. The molecule has 5 nitrogen and oxygen atoms in total. The van der Waals surface area contributed by atoms with Crippen LogP contribution in [0.4, 0.5) is 0 Å². The van der Waals surface area contributed by atoms with E-state index < -0.39 is 0 Å². The third-order valence-corrected chi connectivity index (χ3v) is 4.63. The quantitative estimate of drug-likeness (QED) is 0.683. The Bertz CT molecular complexity index is 886. The van der Waals surface area contributed by atoms with Gasteiger partial charge in [-0.05, 0) is 50.1 Å². The van der Waals surface area contributed by atoms with Crippen molar-refractivity contribution < 1.29 is 9.21 Å². The summed E-state index contributed by atoms with van der Waals surface area (Å²) in [5.74, 6) is 1.46. The highest BCUT2D eigenvalue weighted by atomic mass is 16.3. The van der Waals surface area contributed by atoms with Crippen LogP contribution in [0.25, 0.3) is 11.3 Å². The molecule has 0 unspecified atom stereocenters.